The Hall–Kier alpha value is -0.570. The zero-order valence-electron chi connectivity index (χ0n) is 10.8. The molecule has 0 aliphatic heterocycles. The van der Waals surface area contributed by atoms with E-state index >= 15 is 0 Å². The van der Waals surface area contributed by atoms with Crippen LogP contribution in [0.4, 0.5) is 0 Å². The molecule has 0 saturated heterocycles. The second-order valence-corrected chi connectivity index (χ2v) is 4.96. The molecule has 0 bridgehead atoms. The Labute approximate surface area is 98.8 Å². The minimum absolute atomic E-state index is 0.269. The van der Waals surface area contributed by atoms with Crippen LogP contribution in [0.5, 0.6) is 0 Å². The first-order chi connectivity index (χ1) is 7.59. The molecule has 0 heterocycles. The minimum Gasteiger partial charge on any atom is -0.480 e. The third kappa shape index (κ3) is 2.24. The Morgan fingerprint density at radius 3 is 2.56 bits per heavy atom. The molecule has 0 aromatic heterocycles. The molecular weight excluding hydrogens is 202 g/mol. The summed E-state index contributed by atoms with van der Waals surface area (Å²) in [6.45, 7) is 8.02. The molecule has 16 heavy (non-hydrogen) atoms. The quantitative estimate of drug-likeness (QED) is 0.785. The van der Waals surface area contributed by atoms with Crippen LogP contribution in [0.15, 0.2) is 0 Å². The first kappa shape index (κ1) is 13.5. The van der Waals surface area contributed by atoms with Gasteiger partial charge in [0.25, 0.3) is 0 Å². The van der Waals surface area contributed by atoms with E-state index in [4.69, 9.17) is 0 Å². The lowest BCUT2D eigenvalue weighted by molar-refractivity contribution is -0.158. The number of carboxylic acids is 1. The highest BCUT2D eigenvalue weighted by Crippen LogP contribution is 2.38. The molecule has 94 valence electrons. The molecular formula is C13H25NO2. The Morgan fingerprint density at radius 2 is 2.12 bits per heavy atom. The van der Waals surface area contributed by atoms with Gasteiger partial charge in [-0.15, -0.1) is 0 Å². The lowest BCUT2D eigenvalue weighted by Gasteiger charge is -2.47. The predicted octanol–water partition coefficient (Wildman–Crippen LogP) is 2.75. The van der Waals surface area contributed by atoms with Crippen molar-refractivity contribution in [3.63, 3.8) is 0 Å². The maximum absolute atomic E-state index is 11.7. The summed E-state index contributed by atoms with van der Waals surface area (Å²) in [7, 11) is 0. The van der Waals surface area contributed by atoms with E-state index < -0.39 is 11.5 Å². The van der Waals surface area contributed by atoms with Crippen molar-refractivity contribution in [2.75, 3.05) is 13.1 Å². The van der Waals surface area contributed by atoms with Crippen molar-refractivity contribution < 1.29 is 9.90 Å². The third-order valence-corrected chi connectivity index (χ3v) is 4.07. The summed E-state index contributed by atoms with van der Waals surface area (Å²) in [5, 5.41) is 9.65. The van der Waals surface area contributed by atoms with Crippen molar-refractivity contribution in [3.8, 4) is 0 Å². The van der Waals surface area contributed by atoms with Crippen molar-refractivity contribution in [2.45, 2.75) is 58.4 Å². The van der Waals surface area contributed by atoms with E-state index in [2.05, 4.69) is 25.7 Å². The van der Waals surface area contributed by atoms with Gasteiger partial charge in [-0.3, -0.25) is 9.69 Å². The van der Waals surface area contributed by atoms with Crippen molar-refractivity contribution in [1.29, 1.82) is 0 Å². The van der Waals surface area contributed by atoms with Gasteiger partial charge < -0.3 is 5.11 Å². The van der Waals surface area contributed by atoms with E-state index in [9.17, 15) is 9.90 Å². The molecule has 1 rings (SSSR count). The zero-order valence-corrected chi connectivity index (χ0v) is 10.8. The minimum atomic E-state index is -0.616. The van der Waals surface area contributed by atoms with Gasteiger partial charge in [-0.25, -0.2) is 0 Å². The molecule has 0 aromatic rings. The number of likely N-dealkylation sites (N-methyl/N-ethyl adjacent to an activating group) is 1. The van der Waals surface area contributed by atoms with Gasteiger partial charge in [0.1, 0.15) is 5.54 Å². The molecule has 0 radical (unpaired) electrons. The number of hydrogen-bond donors (Lipinski definition) is 1. The maximum atomic E-state index is 11.7. The second kappa shape index (κ2) is 5.67. The average molecular weight is 227 g/mol. The smallest absolute Gasteiger partial charge is 0.324 e. The van der Waals surface area contributed by atoms with E-state index in [0.29, 0.717) is 0 Å². The fourth-order valence-electron chi connectivity index (χ4n) is 3.16. The number of hydrogen-bond acceptors (Lipinski definition) is 2. The SMILES string of the molecule is CCCN(CC)C1(C(=O)O)CCCCC1C. The fourth-order valence-corrected chi connectivity index (χ4v) is 3.16. The summed E-state index contributed by atoms with van der Waals surface area (Å²) in [4.78, 5) is 13.9. The van der Waals surface area contributed by atoms with Crippen LogP contribution in [0, 0.1) is 5.92 Å². The molecule has 1 fully saturated rings. The molecule has 3 nitrogen and oxygen atoms in total. The number of rotatable bonds is 5. The molecule has 1 N–H and O–H groups in total. The third-order valence-electron chi connectivity index (χ3n) is 4.07. The topological polar surface area (TPSA) is 40.5 Å². The van der Waals surface area contributed by atoms with E-state index in [0.717, 1.165) is 38.8 Å². The van der Waals surface area contributed by atoms with Crippen LogP contribution in [-0.4, -0.2) is 34.6 Å². The van der Waals surface area contributed by atoms with Crippen LogP contribution in [-0.2, 0) is 4.79 Å². The molecule has 2 atom stereocenters. The van der Waals surface area contributed by atoms with Gasteiger partial charge in [-0.05, 0) is 38.3 Å². The lowest BCUT2D eigenvalue weighted by Crippen LogP contribution is -2.60. The van der Waals surface area contributed by atoms with E-state index in [1.54, 1.807) is 0 Å². The highest BCUT2D eigenvalue weighted by Gasteiger charge is 2.48. The van der Waals surface area contributed by atoms with Crippen LogP contribution >= 0.6 is 0 Å². The van der Waals surface area contributed by atoms with Crippen molar-refractivity contribution in [3.05, 3.63) is 0 Å². The monoisotopic (exact) mass is 227 g/mol. The Kier molecular flexibility index (Phi) is 4.78. The van der Waals surface area contributed by atoms with E-state index in [1.807, 2.05) is 0 Å². The van der Waals surface area contributed by atoms with E-state index in [1.165, 1.54) is 6.42 Å². The summed E-state index contributed by atoms with van der Waals surface area (Å²) >= 11 is 0. The molecule has 3 heteroatoms. The Morgan fingerprint density at radius 1 is 1.44 bits per heavy atom. The van der Waals surface area contributed by atoms with E-state index in [-0.39, 0.29) is 5.92 Å². The molecule has 0 aromatic carbocycles. The van der Waals surface area contributed by atoms with Crippen molar-refractivity contribution in [1.82, 2.24) is 4.90 Å². The molecule has 1 aliphatic rings. The van der Waals surface area contributed by atoms with Crippen LogP contribution in [0.2, 0.25) is 0 Å². The molecule has 2 unspecified atom stereocenters. The first-order valence-corrected chi connectivity index (χ1v) is 6.58. The van der Waals surface area contributed by atoms with Gasteiger partial charge in [-0.1, -0.05) is 33.6 Å². The van der Waals surface area contributed by atoms with Crippen LogP contribution < -0.4 is 0 Å². The first-order valence-electron chi connectivity index (χ1n) is 6.58. The van der Waals surface area contributed by atoms with Crippen molar-refractivity contribution in [2.24, 2.45) is 5.92 Å². The van der Waals surface area contributed by atoms with Gasteiger partial charge in [0, 0.05) is 0 Å². The fraction of sp³-hybridized carbons (Fsp3) is 0.923. The summed E-state index contributed by atoms with van der Waals surface area (Å²) < 4.78 is 0. The van der Waals surface area contributed by atoms with Gasteiger partial charge in [-0.2, -0.15) is 0 Å². The standard InChI is InChI=1S/C13H25NO2/c1-4-10-14(5-2)13(12(15)16)9-7-6-8-11(13)3/h11H,4-10H2,1-3H3,(H,15,16). The maximum Gasteiger partial charge on any atom is 0.324 e. The second-order valence-electron chi connectivity index (χ2n) is 4.96. The van der Waals surface area contributed by atoms with Gasteiger partial charge in [0.2, 0.25) is 0 Å². The van der Waals surface area contributed by atoms with Crippen LogP contribution in [0.3, 0.4) is 0 Å². The number of aliphatic carboxylic acids is 1. The predicted molar refractivity (Wildman–Crippen MR) is 65.5 cm³/mol. The molecule has 1 aliphatic carbocycles. The Bertz CT molecular complexity index is 242. The molecule has 0 spiro atoms. The normalized spacial score (nSPS) is 30.6. The number of carbonyl (C=O) groups is 1. The summed E-state index contributed by atoms with van der Waals surface area (Å²) in [5.41, 5.74) is -0.594. The zero-order chi connectivity index (χ0) is 12.2. The summed E-state index contributed by atoms with van der Waals surface area (Å²) in [6, 6.07) is 0. The Balaban J connectivity index is 2.97. The highest BCUT2D eigenvalue weighted by molar-refractivity contribution is 5.79. The summed E-state index contributed by atoms with van der Waals surface area (Å²) in [5.74, 6) is -0.347. The highest BCUT2D eigenvalue weighted by atomic mass is 16.4. The van der Waals surface area contributed by atoms with Gasteiger partial charge >= 0.3 is 5.97 Å². The van der Waals surface area contributed by atoms with Crippen LogP contribution in [0.1, 0.15) is 52.9 Å². The summed E-state index contributed by atoms with van der Waals surface area (Å²) in [6.07, 6.45) is 5.12. The molecule has 1 saturated carbocycles. The van der Waals surface area contributed by atoms with Crippen molar-refractivity contribution >= 4 is 5.97 Å². The molecule has 0 amide bonds. The van der Waals surface area contributed by atoms with Crippen LogP contribution in [0.25, 0.3) is 0 Å². The lowest BCUT2D eigenvalue weighted by atomic mass is 9.72. The van der Waals surface area contributed by atoms with Gasteiger partial charge in [0.05, 0.1) is 0 Å². The largest absolute Gasteiger partial charge is 0.480 e. The average Bonchev–Trinajstić information content (AvgIpc) is 2.27. The number of carboxylic acid groups (broad SMARTS) is 1. The number of nitrogens with zero attached hydrogens (tertiary/aromatic N) is 1. The van der Waals surface area contributed by atoms with Gasteiger partial charge in [0.15, 0.2) is 0 Å².